The molecular weight excluding hydrogens is 258 g/mol. The lowest BCUT2D eigenvalue weighted by Crippen LogP contribution is -2.58. The number of hydrogen-bond acceptors (Lipinski definition) is 6. The summed E-state index contributed by atoms with van der Waals surface area (Å²) in [6.45, 7) is 6.54. The Hall–Kier alpha value is -1.89. The first kappa shape index (κ1) is 14.5. The van der Waals surface area contributed by atoms with Crippen LogP contribution in [0.1, 0.15) is 12.5 Å². The van der Waals surface area contributed by atoms with Crippen molar-refractivity contribution in [2.24, 2.45) is 0 Å². The van der Waals surface area contributed by atoms with Crippen molar-refractivity contribution in [3.05, 3.63) is 11.9 Å². The van der Waals surface area contributed by atoms with Gasteiger partial charge in [0.25, 0.3) is 0 Å². The lowest BCUT2D eigenvalue weighted by Gasteiger charge is -2.36. The molecule has 1 amide bonds. The molecule has 1 saturated heterocycles. The number of nitrogens with one attached hydrogen (secondary N) is 2. The fourth-order valence-corrected chi connectivity index (χ4v) is 2.36. The highest BCUT2D eigenvalue weighted by Gasteiger charge is 2.30. The number of hydrogen-bond donors (Lipinski definition) is 2. The number of amides is 1. The van der Waals surface area contributed by atoms with Gasteiger partial charge in [-0.25, -0.2) is 9.97 Å². The quantitative estimate of drug-likeness (QED) is 0.788. The summed E-state index contributed by atoms with van der Waals surface area (Å²) in [5.41, 5.74) is 0.866. The van der Waals surface area contributed by atoms with Crippen LogP contribution in [0.25, 0.3) is 0 Å². The first-order valence-electron chi connectivity index (χ1n) is 6.82. The molecule has 0 aromatic carbocycles. The predicted molar refractivity (Wildman–Crippen MR) is 76.0 cm³/mol. The van der Waals surface area contributed by atoms with E-state index in [2.05, 4.69) is 20.6 Å². The van der Waals surface area contributed by atoms with Crippen LogP contribution in [-0.4, -0.2) is 55.2 Å². The molecule has 0 radical (unpaired) electrons. The Kier molecular flexibility index (Phi) is 4.73. The lowest BCUT2D eigenvalue weighted by atomic mass is 10.1. The van der Waals surface area contributed by atoms with Crippen molar-refractivity contribution in [1.29, 1.82) is 0 Å². The predicted octanol–water partition coefficient (Wildman–Crippen LogP) is -0.292. The van der Waals surface area contributed by atoms with Crippen molar-refractivity contribution in [1.82, 2.24) is 20.6 Å². The number of carbonyl (C=O) groups is 1. The third kappa shape index (κ3) is 2.82. The third-order valence-electron chi connectivity index (χ3n) is 3.36. The molecule has 1 unspecified atom stereocenters. The van der Waals surface area contributed by atoms with Crippen LogP contribution >= 0.6 is 0 Å². The molecule has 2 rings (SSSR count). The first-order valence-corrected chi connectivity index (χ1v) is 6.82. The molecule has 0 bridgehead atoms. The highest BCUT2D eigenvalue weighted by Crippen LogP contribution is 2.26. The molecule has 7 nitrogen and oxygen atoms in total. The van der Waals surface area contributed by atoms with Gasteiger partial charge in [0.15, 0.2) is 0 Å². The van der Waals surface area contributed by atoms with Crippen molar-refractivity contribution < 1.29 is 9.53 Å². The van der Waals surface area contributed by atoms with Gasteiger partial charge in [0, 0.05) is 26.7 Å². The molecule has 1 atom stereocenters. The summed E-state index contributed by atoms with van der Waals surface area (Å²) in [5.74, 6) is 1.32. The molecule has 0 aliphatic carbocycles. The standard InChI is InChI=1S/C13H21N5O2/c1-4-20-13-9(2)11(16-8-17-13)18-6-5-15-7-10(18)12(19)14-3/h8,10,15H,4-7H2,1-3H3,(H,14,19). The molecule has 1 fully saturated rings. The summed E-state index contributed by atoms with van der Waals surface area (Å²) in [5, 5.41) is 5.93. The summed E-state index contributed by atoms with van der Waals surface area (Å²) >= 11 is 0. The SMILES string of the molecule is CCOc1ncnc(N2CCNCC2C(=O)NC)c1C. The van der Waals surface area contributed by atoms with Crippen molar-refractivity contribution >= 4 is 11.7 Å². The highest BCUT2D eigenvalue weighted by molar-refractivity contribution is 5.85. The molecular formula is C13H21N5O2. The number of anilines is 1. The summed E-state index contributed by atoms with van der Waals surface area (Å²) in [6.07, 6.45) is 1.48. The summed E-state index contributed by atoms with van der Waals surface area (Å²) in [6, 6.07) is -0.267. The zero-order valence-corrected chi connectivity index (χ0v) is 12.1. The second kappa shape index (κ2) is 6.51. The fraction of sp³-hybridized carbons (Fsp3) is 0.615. The minimum atomic E-state index is -0.267. The zero-order valence-electron chi connectivity index (χ0n) is 12.1. The molecule has 1 aliphatic rings. The normalized spacial score (nSPS) is 18.8. The minimum Gasteiger partial charge on any atom is -0.478 e. The van der Waals surface area contributed by atoms with E-state index in [1.165, 1.54) is 6.33 Å². The zero-order chi connectivity index (χ0) is 14.5. The van der Waals surface area contributed by atoms with Crippen LogP contribution in [0.3, 0.4) is 0 Å². The summed E-state index contributed by atoms with van der Waals surface area (Å²) in [4.78, 5) is 22.5. The molecule has 2 N–H and O–H groups in total. The maximum atomic E-state index is 12.0. The maximum absolute atomic E-state index is 12.0. The Balaban J connectivity index is 2.32. The van der Waals surface area contributed by atoms with Gasteiger partial charge in [-0.15, -0.1) is 0 Å². The van der Waals surface area contributed by atoms with E-state index in [0.29, 0.717) is 19.0 Å². The molecule has 1 aromatic rings. The molecule has 20 heavy (non-hydrogen) atoms. The highest BCUT2D eigenvalue weighted by atomic mass is 16.5. The van der Waals surface area contributed by atoms with E-state index in [1.807, 2.05) is 18.7 Å². The molecule has 7 heteroatoms. The van der Waals surface area contributed by atoms with Gasteiger partial charge in [0.05, 0.1) is 12.2 Å². The topological polar surface area (TPSA) is 79.4 Å². The number of nitrogens with zero attached hydrogens (tertiary/aromatic N) is 3. The van der Waals surface area contributed by atoms with E-state index in [-0.39, 0.29) is 11.9 Å². The van der Waals surface area contributed by atoms with E-state index < -0.39 is 0 Å². The number of aromatic nitrogens is 2. The largest absolute Gasteiger partial charge is 0.478 e. The van der Waals surface area contributed by atoms with Crippen LogP contribution in [-0.2, 0) is 4.79 Å². The average molecular weight is 279 g/mol. The summed E-state index contributed by atoms with van der Waals surface area (Å²) < 4.78 is 5.50. The molecule has 1 aliphatic heterocycles. The number of piperazine rings is 1. The van der Waals surface area contributed by atoms with Crippen molar-refractivity contribution in [2.75, 3.05) is 38.2 Å². The third-order valence-corrected chi connectivity index (χ3v) is 3.36. The monoisotopic (exact) mass is 279 g/mol. The van der Waals surface area contributed by atoms with Gasteiger partial charge in [-0.2, -0.15) is 0 Å². The molecule has 0 saturated carbocycles. The van der Waals surface area contributed by atoms with Crippen molar-refractivity contribution in [3.8, 4) is 5.88 Å². The summed E-state index contributed by atoms with van der Waals surface area (Å²) in [7, 11) is 1.65. The second-order valence-corrected chi connectivity index (χ2v) is 4.59. The van der Waals surface area contributed by atoms with E-state index >= 15 is 0 Å². The van der Waals surface area contributed by atoms with Crippen LogP contribution in [0.15, 0.2) is 6.33 Å². The van der Waals surface area contributed by atoms with Gasteiger partial charge >= 0.3 is 0 Å². The van der Waals surface area contributed by atoms with Gasteiger partial charge < -0.3 is 20.3 Å². The van der Waals surface area contributed by atoms with E-state index in [4.69, 9.17) is 4.74 Å². The average Bonchev–Trinajstić information content (AvgIpc) is 2.49. The second-order valence-electron chi connectivity index (χ2n) is 4.59. The van der Waals surface area contributed by atoms with Crippen molar-refractivity contribution in [3.63, 3.8) is 0 Å². The van der Waals surface area contributed by atoms with Gasteiger partial charge in [-0.3, -0.25) is 4.79 Å². The Morgan fingerprint density at radius 3 is 3.10 bits per heavy atom. The number of likely N-dealkylation sites (N-methyl/N-ethyl adjacent to an activating group) is 1. The molecule has 0 spiro atoms. The number of ether oxygens (including phenoxy) is 1. The van der Waals surface area contributed by atoms with Gasteiger partial charge in [-0.1, -0.05) is 0 Å². The Morgan fingerprint density at radius 2 is 2.40 bits per heavy atom. The van der Waals surface area contributed by atoms with Gasteiger partial charge in [0.1, 0.15) is 18.2 Å². The van der Waals surface area contributed by atoms with Crippen molar-refractivity contribution in [2.45, 2.75) is 19.9 Å². The number of carbonyl (C=O) groups excluding carboxylic acids is 1. The Bertz CT molecular complexity index is 480. The smallest absolute Gasteiger partial charge is 0.243 e. The minimum absolute atomic E-state index is 0.0202. The maximum Gasteiger partial charge on any atom is 0.243 e. The number of rotatable bonds is 4. The van der Waals surface area contributed by atoms with Crippen LogP contribution in [0.5, 0.6) is 5.88 Å². The van der Waals surface area contributed by atoms with Crippen LogP contribution < -0.4 is 20.3 Å². The van der Waals surface area contributed by atoms with Crippen LogP contribution in [0, 0.1) is 6.92 Å². The van der Waals surface area contributed by atoms with Crippen LogP contribution in [0.4, 0.5) is 5.82 Å². The van der Waals surface area contributed by atoms with E-state index in [0.717, 1.165) is 24.5 Å². The molecule has 110 valence electrons. The van der Waals surface area contributed by atoms with E-state index in [1.54, 1.807) is 7.05 Å². The van der Waals surface area contributed by atoms with E-state index in [9.17, 15) is 4.79 Å². The van der Waals surface area contributed by atoms with Gasteiger partial charge in [-0.05, 0) is 13.8 Å². The Labute approximate surface area is 118 Å². The fourth-order valence-electron chi connectivity index (χ4n) is 2.36. The molecule has 1 aromatic heterocycles. The van der Waals surface area contributed by atoms with Crippen LogP contribution in [0.2, 0.25) is 0 Å². The Morgan fingerprint density at radius 1 is 1.60 bits per heavy atom. The lowest BCUT2D eigenvalue weighted by molar-refractivity contribution is -0.122. The molecule has 2 heterocycles. The first-order chi connectivity index (χ1) is 9.69. The van der Waals surface area contributed by atoms with Gasteiger partial charge in [0.2, 0.25) is 11.8 Å².